The molecule has 0 N–H and O–H groups in total. The van der Waals surface area contributed by atoms with Crippen LogP contribution in [0.3, 0.4) is 0 Å². The molecule has 0 unspecified atom stereocenters. The largest absolute Gasteiger partial charge is 0.0654 e. The van der Waals surface area contributed by atoms with E-state index < -0.39 is 0 Å². The second kappa shape index (κ2) is 7.64. The van der Waals surface area contributed by atoms with E-state index in [2.05, 4.69) is 68.8 Å². The predicted molar refractivity (Wildman–Crippen MR) is 101 cm³/mol. The second-order valence-electron chi connectivity index (χ2n) is 6.65. The van der Waals surface area contributed by atoms with Crippen molar-refractivity contribution in [2.45, 2.75) is 52.4 Å². The Balaban J connectivity index is 1.83. The first-order valence-corrected chi connectivity index (χ1v) is 9.04. The molecular formula is C23H27. The summed E-state index contributed by atoms with van der Waals surface area (Å²) in [6.45, 7) is 4.43. The van der Waals surface area contributed by atoms with Crippen molar-refractivity contribution in [2.24, 2.45) is 0 Å². The molecule has 0 atom stereocenters. The minimum atomic E-state index is 1.19. The van der Waals surface area contributed by atoms with Gasteiger partial charge >= 0.3 is 0 Å². The quantitative estimate of drug-likeness (QED) is 0.492. The minimum Gasteiger partial charge on any atom is -0.0654 e. The van der Waals surface area contributed by atoms with E-state index in [1.165, 1.54) is 66.4 Å². The zero-order valence-corrected chi connectivity index (χ0v) is 14.4. The highest BCUT2D eigenvalue weighted by atomic mass is 14.3. The first-order chi connectivity index (χ1) is 11.3. The van der Waals surface area contributed by atoms with Gasteiger partial charge in [0.2, 0.25) is 0 Å². The lowest BCUT2D eigenvalue weighted by Crippen LogP contribution is -1.88. The molecule has 23 heavy (non-hydrogen) atoms. The SMILES string of the molecule is CCCCCCCC1=C(c2ccc(C)cc2)[CH]c2ccccc21. The van der Waals surface area contributed by atoms with Crippen molar-refractivity contribution in [1.29, 1.82) is 0 Å². The van der Waals surface area contributed by atoms with Gasteiger partial charge in [-0.2, -0.15) is 0 Å². The summed E-state index contributed by atoms with van der Waals surface area (Å²) < 4.78 is 0. The highest BCUT2D eigenvalue weighted by Gasteiger charge is 2.21. The van der Waals surface area contributed by atoms with Gasteiger partial charge in [0.15, 0.2) is 0 Å². The zero-order chi connectivity index (χ0) is 16.1. The summed E-state index contributed by atoms with van der Waals surface area (Å²) in [4.78, 5) is 0. The molecule has 0 aromatic heterocycles. The van der Waals surface area contributed by atoms with Crippen molar-refractivity contribution in [3.8, 4) is 0 Å². The number of allylic oxidation sites excluding steroid dienone is 2. The molecule has 0 nitrogen and oxygen atoms in total. The molecule has 1 aliphatic carbocycles. The van der Waals surface area contributed by atoms with Crippen molar-refractivity contribution >= 4 is 11.1 Å². The lowest BCUT2D eigenvalue weighted by Gasteiger charge is -2.09. The Labute approximate surface area is 141 Å². The molecule has 119 valence electrons. The van der Waals surface area contributed by atoms with Crippen LogP contribution < -0.4 is 0 Å². The summed E-state index contributed by atoms with van der Waals surface area (Å²) in [5.41, 5.74) is 8.48. The molecule has 0 saturated heterocycles. The second-order valence-corrected chi connectivity index (χ2v) is 6.65. The lowest BCUT2D eigenvalue weighted by molar-refractivity contribution is 0.640. The third-order valence-corrected chi connectivity index (χ3v) is 4.80. The number of fused-ring (bicyclic) bond motifs is 1. The van der Waals surface area contributed by atoms with Gasteiger partial charge in [0.05, 0.1) is 0 Å². The Morgan fingerprint density at radius 3 is 2.30 bits per heavy atom. The minimum absolute atomic E-state index is 1.19. The number of aryl methyl sites for hydroxylation is 1. The molecule has 1 aliphatic rings. The number of hydrogen-bond acceptors (Lipinski definition) is 0. The van der Waals surface area contributed by atoms with E-state index in [1.54, 1.807) is 5.57 Å². The van der Waals surface area contributed by atoms with Gasteiger partial charge in [0.1, 0.15) is 0 Å². The van der Waals surface area contributed by atoms with E-state index >= 15 is 0 Å². The monoisotopic (exact) mass is 303 g/mol. The average Bonchev–Trinajstić information content (AvgIpc) is 2.94. The van der Waals surface area contributed by atoms with Crippen LogP contribution in [0.5, 0.6) is 0 Å². The molecule has 0 heteroatoms. The predicted octanol–water partition coefficient (Wildman–Crippen LogP) is 6.83. The van der Waals surface area contributed by atoms with E-state index in [0.29, 0.717) is 0 Å². The van der Waals surface area contributed by atoms with Gasteiger partial charge in [-0.05, 0) is 47.6 Å². The highest BCUT2D eigenvalue weighted by Crippen LogP contribution is 2.42. The maximum absolute atomic E-state index is 2.38. The van der Waals surface area contributed by atoms with Gasteiger partial charge in [-0.25, -0.2) is 0 Å². The van der Waals surface area contributed by atoms with Crippen molar-refractivity contribution in [3.05, 3.63) is 77.2 Å². The smallest absolute Gasteiger partial charge is 0.0214 e. The fraction of sp³-hybridized carbons (Fsp3) is 0.348. The molecular weight excluding hydrogens is 276 g/mol. The molecule has 0 fully saturated rings. The number of unbranched alkanes of at least 4 members (excludes halogenated alkanes) is 4. The normalized spacial score (nSPS) is 13.5. The Bertz CT molecular complexity index is 673. The van der Waals surface area contributed by atoms with E-state index in [4.69, 9.17) is 0 Å². The maximum Gasteiger partial charge on any atom is 0.0214 e. The Kier molecular flexibility index (Phi) is 5.33. The van der Waals surface area contributed by atoms with Crippen molar-refractivity contribution in [1.82, 2.24) is 0 Å². The van der Waals surface area contributed by atoms with Crippen LogP contribution in [0.15, 0.2) is 48.5 Å². The first-order valence-electron chi connectivity index (χ1n) is 9.04. The molecule has 0 amide bonds. The third-order valence-electron chi connectivity index (χ3n) is 4.80. The summed E-state index contributed by atoms with van der Waals surface area (Å²) in [7, 11) is 0. The molecule has 3 rings (SSSR count). The molecule has 0 aliphatic heterocycles. The topological polar surface area (TPSA) is 0 Å². The van der Waals surface area contributed by atoms with Gasteiger partial charge in [0.25, 0.3) is 0 Å². The molecule has 0 saturated carbocycles. The van der Waals surface area contributed by atoms with Crippen LogP contribution in [0, 0.1) is 13.3 Å². The molecule has 0 heterocycles. The van der Waals surface area contributed by atoms with Crippen LogP contribution in [-0.4, -0.2) is 0 Å². The average molecular weight is 303 g/mol. The summed E-state index contributed by atoms with van der Waals surface area (Å²) >= 11 is 0. The molecule has 0 spiro atoms. The summed E-state index contributed by atoms with van der Waals surface area (Å²) in [6.07, 6.45) is 10.3. The number of rotatable bonds is 7. The fourth-order valence-electron chi connectivity index (χ4n) is 3.45. The number of benzene rings is 2. The van der Waals surface area contributed by atoms with Crippen LogP contribution in [0.4, 0.5) is 0 Å². The summed E-state index contributed by atoms with van der Waals surface area (Å²) in [6, 6.07) is 17.8. The van der Waals surface area contributed by atoms with Crippen LogP contribution >= 0.6 is 0 Å². The van der Waals surface area contributed by atoms with Crippen LogP contribution in [0.25, 0.3) is 11.1 Å². The van der Waals surface area contributed by atoms with Crippen LogP contribution in [-0.2, 0) is 0 Å². The van der Waals surface area contributed by atoms with Gasteiger partial charge in [-0.3, -0.25) is 0 Å². The molecule has 2 aromatic carbocycles. The lowest BCUT2D eigenvalue weighted by atomic mass is 9.95. The molecule has 2 aromatic rings. The van der Waals surface area contributed by atoms with Gasteiger partial charge < -0.3 is 0 Å². The molecule has 0 bridgehead atoms. The molecule has 1 radical (unpaired) electrons. The van der Waals surface area contributed by atoms with Crippen molar-refractivity contribution < 1.29 is 0 Å². The van der Waals surface area contributed by atoms with E-state index in [0.717, 1.165) is 0 Å². The van der Waals surface area contributed by atoms with E-state index in [1.807, 2.05) is 0 Å². The van der Waals surface area contributed by atoms with Crippen LogP contribution in [0.2, 0.25) is 0 Å². The Hall–Kier alpha value is -1.82. The standard InChI is InChI=1S/C23H27/c1-3-4-5-6-7-12-22-21-11-9-8-10-20(21)17-23(22)19-15-13-18(2)14-16-19/h8-11,13-17H,3-7,12H2,1-2H3. The Morgan fingerprint density at radius 2 is 1.52 bits per heavy atom. The Morgan fingerprint density at radius 1 is 0.783 bits per heavy atom. The third kappa shape index (κ3) is 3.75. The van der Waals surface area contributed by atoms with E-state index in [-0.39, 0.29) is 0 Å². The highest BCUT2D eigenvalue weighted by molar-refractivity contribution is 6.02. The van der Waals surface area contributed by atoms with Crippen molar-refractivity contribution in [2.75, 3.05) is 0 Å². The fourth-order valence-corrected chi connectivity index (χ4v) is 3.45. The zero-order valence-electron chi connectivity index (χ0n) is 14.4. The number of hydrogen-bond donors (Lipinski definition) is 0. The first kappa shape index (κ1) is 16.1. The summed E-state index contributed by atoms with van der Waals surface area (Å²) in [5.74, 6) is 0. The maximum atomic E-state index is 2.38. The van der Waals surface area contributed by atoms with E-state index in [9.17, 15) is 0 Å². The summed E-state index contributed by atoms with van der Waals surface area (Å²) in [5, 5.41) is 0. The van der Waals surface area contributed by atoms with Gasteiger partial charge in [0, 0.05) is 6.42 Å². The van der Waals surface area contributed by atoms with Gasteiger partial charge in [-0.1, -0.05) is 86.7 Å². The van der Waals surface area contributed by atoms with Crippen LogP contribution in [0.1, 0.15) is 67.7 Å². The van der Waals surface area contributed by atoms with Gasteiger partial charge in [-0.15, -0.1) is 0 Å². The van der Waals surface area contributed by atoms with Crippen molar-refractivity contribution in [3.63, 3.8) is 0 Å².